The van der Waals surface area contributed by atoms with Crippen molar-refractivity contribution in [1.29, 1.82) is 0 Å². The number of nitrogens with zero attached hydrogens (tertiary/aromatic N) is 4. The number of hydrogen-bond donors (Lipinski definition) is 3. The van der Waals surface area contributed by atoms with Gasteiger partial charge >= 0.3 is 0 Å². The van der Waals surface area contributed by atoms with Gasteiger partial charge in [0.25, 0.3) is 0 Å². The molecule has 3 aromatic rings. The first-order valence-corrected chi connectivity index (χ1v) is 10.2. The molecule has 1 aromatic carbocycles. The fourth-order valence-corrected chi connectivity index (χ4v) is 3.73. The molecule has 0 spiro atoms. The van der Waals surface area contributed by atoms with Gasteiger partial charge in [-0.25, -0.2) is 4.98 Å². The fourth-order valence-electron chi connectivity index (χ4n) is 3.73. The third-order valence-corrected chi connectivity index (χ3v) is 5.44. The van der Waals surface area contributed by atoms with Gasteiger partial charge in [0.05, 0.1) is 6.20 Å². The van der Waals surface area contributed by atoms with Crippen LogP contribution in [0.4, 0.5) is 17.5 Å². The van der Waals surface area contributed by atoms with E-state index < -0.39 is 0 Å². The molecule has 8 heteroatoms. The maximum absolute atomic E-state index is 11.7. The molecule has 0 aliphatic heterocycles. The number of nitrogens with two attached hydrogens (primary N) is 1. The lowest BCUT2D eigenvalue weighted by molar-refractivity contribution is 0.101. The van der Waals surface area contributed by atoms with Gasteiger partial charge in [0.2, 0.25) is 5.95 Å². The summed E-state index contributed by atoms with van der Waals surface area (Å²) in [7, 11) is 1.89. The van der Waals surface area contributed by atoms with Crippen LogP contribution in [0.3, 0.4) is 0 Å². The summed E-state index contributed by atoms with van der Waals surface area (Å²) < 4.78 is 1.76. The standard InChI is InChI=1S/C22H27N7O/c1-14(30)15-4-3-5-19(10-15)27-22-24-12-20(16-11-25-29(2)13-16)21(28-22)26-18-8-6-17(23)7-9-18/h3-5,10-13,17-18H,6-9,23H2,1-2H3,(H2,24,26,27,28)/t17-,18+. The van der Waals surface area contributed by atoms with Gasteiger partial charge in [0.1, 0.15) is 5.82 Å². The number of rotatable bonds is 6. The van der Waals surface area contributed by atoms with Crippen molar-refractivity contribution in [1.82, 2.24) is 19.7 Å². The Bertz CT molecular complexity index is 1040. The molecular weight excluding hydrogens is 378 g/mol. The van der Waals surface area contributed by atoms with E-state index in [2.05, 4.69) is 20.7 Å². The number of aromatic nitrogens is 4. The number of carbonyl (C=O) groups excluding carboxylic acids is 1. The zero-order chi connectivity index (χ0) is 21.1. The highest BCUT2D eigenvalue weighted by molar-refractivity contribution is 5.95. The van der Waals surface area contributed by atoms with Crippen molar-refractivity contribution in [2.75, 3.05) is 10.6 Å². The number of aryl methyl sites for hydroxylation is 1. The fraction of sp³-hybridized carbons (Fsp3) is 0.364. The van der Waals surface area contributed by atoms with Crippen LogP contribution in [0.5, 0.6) is 0 Å². The minimum atomic E-state index is 0.0179. The van der Waals surface area contributed by atoms with E-state index in [-0.39, 0.29) is 11.8 Å². The largest absolute Gasteiger partial charge is 0.367 e. The summed E-state index contributed by atoms with van der Waals surface area (Å²) in [6.07, 6.45) is 9.61. The van der Waals surface area contributed by atoms with E-state index in [1.807, 2.05) is 31.6 Å². The van der Waals surface area contributed by atoms with Crippen LogP contribution < -0.4 is 16.4 Å². The zero-order valence-electron chi connectivity index (χ0n) is 17.3. The van der Waals surface area contributed by atoms with Crippen LogP contribution in [0.25, 0.3) is 11.1 Å². The Balaban J connectivity index is 1.62. The third kappa shape index (κ3) is 4.65. The third-order valence-electron chi connectivity index (χ3n) is 5.44. The topological polar surface area (TPSA) is 111 Å². The van der Waals surface area contributed by atoms with Crippen LogP contribution in [0.15, 0.2) is 42.9 Å². The van der Waals surface area contributed by atoms with Gasteiger partial charge in [0, 0.05) is 53.9 Å². The predicted octanol–water partition coefficient (Wildman–Crippen LogP) is 3.51. The summed E-state index contributed by atoms with van der Waals surface area (Å²) in [6.45, 7) is 1.55. The molecular formula is C22H27N7O. The molecule has 1 saturated carbocycles. The van der Waals surface area contributed by atoms with Crippen LogP contribution in [-0.4, -0.2) is 37.6 Å². The summed E-state index contributed by atoms with van der Waals surface area (Å²) >= 11 is 0. The van der Waals surface area contributed by atoms with Crippen molar-refractivity contribution < 1.29 is 4.79 Å². The molecule has 30 heavy (non-hydrogen) atoms. The highest BCUT2D eigenvalue weighted by Crippen LogP contribution is 2.30. The molecule has 1 fully saturated rings. The number of anilines is 3. The molecule has 0 unspecified atom stereocenters. The first-order chi connectivity index (χ1) is 14.5. The molecule has 0 radical (unpaired) electrons. The molecule has 1 aliphatic carbocycles. The van der Waals surface area contributed by atoms with E-state index in [4.69, 9.17) is 10.7 Å². The summed E-state index contributed by atoms with van der Waals surface area (Å²) in [6, 6.07) is 7.94. The normalized spacial score (nSPS) is 18.8. The molecule has 8 nitrogen and oxygen atoms in total. The van der Waals surface area contributed by atoms with Gasteiger partial charge in [-0.1, -0.05) is 12.1 Å². The lowest BCUT2D eigenvalue weighted by Crippen LogP contribution is -2.33. The molecule has 2 heterocycles. The highest BCUT2D eigenvalue weighted by atomic mass is 16.1. The first-order valence-electron chi connectivity index (χ1n) is 10.2. The van der Waals surface area contributed by atoms with E-state index in [9.17, 15) is 4.79 Å². The van der Waals surface area contributed by atoms with Crippen molar-refractivity contribution >= 4 is 23.2 Å². The Kier molecular flexibility index (Phi) is 5.76. The zero-order valence-corrected chi connectivity index (χ0v) is 17.3. The van der Waals surface area contributed by atoms with Gasteiger partial charge in [-0.15, -0.1) is 0 Å². The number of Topliss-reactive ketones (excluding diaryl/α,β-unsaturated/α-hetero) is 1. The van der Waals surface area contributed by atoms with Crippen LogP contribution >= 0.6 is 0 Å². The molecule has 0 saturated heterocycles. The summed E-state index contributed by atoms with van der Waals surface area (Å²) in [5.74, 6) is 1.26. The van der Waals surface area contributed by atoms with Gasteiger partial charge in [-0.2, -0.15) is 10.1 Å². The average Bonchev–Trinajstić information content (AvgIpc) is 3.16. The number of ketones is 1. The molecule has 0 amide bonds. The van der Waals surface area contributed by atoms with Crippen LogP contribution in [0.1, 0.15) is 43.0 Å². The summed E-state index contributed by atoms with van der Waals surface area (Å²) in [4.78, 5) is 20.9. The predicted molar refractivity (Wildman–Crippen MR) is 118 cm³/mol. The quantitative estimate of drug-likeness (QED) is 0.538. The molecule has 1 aliphatic rings. The molecule has 2 aromatic heterocycles. The van der Waals surface area contributed by atoms with Crippen LogP contribution in [-0.2, 0) is 7.05 Å². The molecule has 4 N–H and O–H groups in total. The van der Waals surface area contributed by atoms with Crippen molar-refractivity contribution in [3.8, 4) is 11.1 Å². The number of carbonyl (C=O) groups is 1. The van der Waals surface area contributed by atoms with E-state index in [0.717, 1.165) is 48.3 Å². The number of nitrogens with one attached hydrogen (secondary N) is 2. The van der Waals surface area contributed by atoms with E-state index >= 15 is 0 Å². The number of benzene rings is 1. The Morgan fingerprint density at radius 2 is 2.00 bits per heavy atom. The van der Waals surface area contributed by atoms with E-state index in [1.165, 1.54) is 0 Å². The van der Waals surface area contributed by atoms with Crippen molar-refractivity contribution in [2.45, 2.75) is 44.7 Å². The van der Waals surface area contributed by atoms with Crippen molar-refractivity contribution in [3.05, 3.63) is 48.4 Å². The van der Waals surface area contributed by atoms with E-state index in [1.54, 1.807) is 29.9 Å². The minimum absolute atomic E-state index is 0.0179. The maximum atomic E-state index is 11.7. The monoisotopic (exact) mass is 405 g/mol. The van der Waals surface area contributed by atoms with E-state index in [0.29, 0.717) is 17.6 Å². The summed E-state index contributed by atoms with van der Waals surface area (Å²) in [5.41, 5.74) is 9.33. The van der Waals surface area contributed by atoms with Gasteiger partial charge in [0.15, 0.2) is 5.78 Å². The second-order valence-corrected chi connectivity index (χ2v) is 7.88. The first kappa shape index (κ1) is 20.0. The maximum Gasteiger partial charge on any atom is 0.229 e. The Morgan fingerprint density at radius 1 is 1.20 bits per heavy atom. The summed E-state index contributed by atoms with van der Waals surface area (Å²) in [5, 5.41) is 11.1. The van der Waals surface area contributed by atoms with Gasteiger partial charge < -0.3 is 16.4 Å². The lowest BCUT2D eigenvalue weighted by Gasteiger charge is -2.28. The molecule has 4 rings (SSSR count). The lowest BCUT2D eigenvalue weighted by atomic mass is 9.91. The minimum Gasteiger partial charge on any atom is -0.367 e. The highest BCUT2D eigenvalue weighted by Gasteiger charge is 2.21. The second-order valence-electron chi connectivity index (χ2n) is 7.88. The molecule has 156 valence electrons. The Morgan fingerprint density at radius 3 is 2.70 bits per heavy atom. The Labute approximate surface area is 175 Å². The SMILES string of the molecule is CC(=O)c1cccc(Nc2ncc(-c3cnn(C)c3)c(N[C@H]3CC[C@@H](N)CC3)n2)c1. The molecule has 0 atom stereocenters. The van der Waals surface area contributed by atoms with Crippen molar-refractivity contribution in [3.63, 3.8) is 0 Å². The second kappa shape index (κ2) is 8.62. The smallest absolute Gasteiger partial charge is 0.229 e. The van der Waals surface area contributed by atoms with Crippen LogP contribution in [0, 0.1) is 0 Å². The number of hydrogen-bond acceptors (Lipinski definition) is 7. The molecule has 0 bridgehead atoms. The average molecular weight is 406 g/mol. The van der Waals surface area contributed by atoms with Gasteiger partial charge in [-0.05, 0) is 44.7 Å². The Hall–Kier alpha value is -3.26. The van der Waals surface area contributed by atoms with Crippen molar-refractivity contribution in [2.24, 2.45) is 12.8 Å². The van der Waals surface area contributed by atoms with Crippen LogP contribution in [0.2, 0.25) is 0 Å². The van der Waals surface area contributed by atoms with Gasteiger partial charge in [-0.3, -0.25) is 9.48 Å².